The molecule has 1 aromatic carbocycles. The molecule has 0 radical (unpaired) electrons. The van der Waals surface area contributed by atoms with Gasteiger partial charge in [0.1, 0.15) is 5.60 Å². The summed E-state index contributed by atoms with van der Waals surface area (Å²) in [6.07, 6.45) is 3.10. The quantitative estimate of drug-likeness (QED) is 0.776. The van der Waals surface area contributed by atoms with Crippen molar-refractivity contribution in [3.63, 3.8) is 0 Å². The lowest BCUT2D eigenvalue weighted by molar-refractivity contribution is 0.00819. The lowest BCUT2D eigenvalue weighted by atomic mass is 9.99. The maximum absolute atomic E-state index is 12.5. The second kappa shape index (κ2) is 7.09. The van der Waals surface area contributed by atoms with E-state index in [1.165, 1.54) is 4.90 Å². The van der Waals surface area contributed by atoms with Crippen LogP contribution < -0.4 is 0 Å². The van der Waals surface area contributed by atoms with E-state index in [9.17, 15) is 14.4 Å². The maximum atomic E-state index is 12.5. The van der Waals surface area contributed by atoms with Crippen molar-refractivity contribution in [2.24, 2.45) is 0 Å². The van der Waals surface area contributed by atoms with Crippen LogP contribution in [-0.2, 0) is 4.74 Å². The molecule has 140 valence electrons. The number of imide groups is 1. The normalized spacial score (nSPS) is 20.3. The number of hydrogen-bond donors (Lipinski definition) is 0. The number of nitrogens with zero attached hydrogens (tertiary/aromatic N) is 2. The average molecular weight is 358 g/mol. The average Bonchev–Trinajstić information content (AvgIpc) is 2.83. The van der Waals surface area contributed by atoms with Crippen molar-refractivity contribution in [2.45, 2.75) is 58.1 Å². The largest absolute Gasteiger partial charge is 0.444 e. The number of rotatable bonds is 3. The van der Waals surface area contributed by atoms with Crippen molar-refractivity contribution < 1.29 is 19.1 Å². The Balaban J connectivity index is 1.65. The van der Waals surface area contributed by atoms with Crippen LogP contribution in [0.3, 0.4) is 0 Å². The summed E-state index contributed by atoms with van der Waals surface area (Å²) in [5.74, 6) is -0.490. The standard InChI is InChI=1S/C20H26N2O4/c1-20(2,3)26-19(25)21-12-7-6-8-14(21)11-13-22-17(23)15-9-4-5-10-16(15)18(22)24/h4-5,9-10,14H,6-8,11-13H2,1-3H3/t14-/m0/s1. The molecule has 1 atom stereocenters. The zero-order valence-corrected chi connectivity index (χ0v) is 15.7. The van der Waals surface area contributed by atoms with Crippen LogP contribution in [0.5, 0.6) is 0 Å². The monoisotopic (exact) mass is 358 g/mol. The summed E-state index contributed by atoms with van der Waals surface area (Å²) in [6.45, 7) is 6.52. The molecule has 0 aliphatic carbocycles. The van der Waals surface area contributed by atoms with E-state index in [4.69, 9.17) is 4.74 Å². The Hall–Kier alpha value is -2.37. The first-order valence-electron chi connectivity index (χ1n) is 9.23. The van der Waals surface area contributed by atoms with Crippen LogP contribution in [0.15, 0.2) is 24.3 Å². The molecule has 0 spiro atoms. The molecule has 1 aromatic rings. The topological polar surface area (TPSA) is 66.9 Å². The Bertz CT molecular complexity index is 688. The van der Waals surface area contributed by atoms with Gasteiger partial charge >= 0.3 is 6.09 Å². The first-order chi connectivity index (χ1) is 12.3. The molecule has 6 nitrogen and oxygen atoms in total. The van der Waals surface area contributed by atoms with Crippen LogP contribution in [0.1, 0.15) is 67.2 Å². The first-order valence-corrected chi connectivity index (χ1v) is 9.23. The molecule has 6 heteroatoms. The predicted molar refractivity (Wildman–Crippen MR) is 97.0 cm³/mol. The molecule has 0 unspecified atom stereocenters. The minimum absolute atomic E-state index is 0.0112. The molecule has 0 bridgehead atoms. The van der Waals surface area contributed by atoms with E-state index < -0.39 is 5.60 Å². The van der Waals surface area contributed by atoms with Crippen molar-refractivity contribution in [1.29, 1.82) is 0 Å². The molecule has 2 heterocycles. The first kappa shape index (κ1) is 18.4. The van der Waals surface area contributed by atoms with Gasteiger partial charge in [-0.25, -0.2) is 4.79 Å². The molecule has 3 rings (SSSR count). The van der Waals surface area contributed by atoms with Crippen LogP contribution in [0.4, 0.5) is 4.79 Å². The van der Waals surface area contributed by atoms with E-state index in [0.717, 1.165) is 19.3 Å². The van der Waals surface area contributed by atoms with Gasteiger partial charge in [-0.3, -0.25) is 14.5 Å². The Morgan fingerprint density at radius 2 is 1.73 bits per heavy atom. The summed E-state index contributed by atoms with van der Waals surface area (Å²) in [6, 6.07) is 6.88. The minimum atomic E-state index is -0.540. The zero-order chi connectivity index (χ0) is 18.9. The highest BCUT2D eigenvalue weighted by atomic mass is 16.6. The molecule has 3 amide bonds. The molecular formula is C20H26N2O4. The van der Waals surface area contributed by atoms with Gasteiger partial charge in [-0.05, 0) is 58.6 Å². The Kier molecular flexibility index (Phi) is 5.03. The number of ether oxygens (including phenoxy) is 1. The number of fused-ring (bicyclic) bond motifs is 1. The third-order valence-electron chi connectivity index (χ3n) is 4.82. The number of carbonyl (C=O) groups excluding carboxylic acids is 3. The third-order valence-corrected chi connectivity index (χ3v) is 4.82. The highest BCUT2D eigenvalue weighted by Gasteiger charge is 2.36. The van der Waals surface area contributed by atoms with Crippen molar-refractivity contribution in [1.82, 2.24) is 9.80 Å². The third kappa shape index (κ3) is 3.74. The fourth-order valence-electron chi connectivity index (χ4n) is 3.58. The summed E-state index contributed by atoms with van der Waals surface area (Å²) >= 11 is 0. The van der Waals surface area contributed by atoms with Gasteiger partial charge in [0.05, 0.1) is 11.1 Å². The van der Waals surface area contributed by atoms with Gasteiger partial charge in [0, 0.05) is 19.1 Å². The number of amides is 3. The lowest BCUT2D eigenvalue weighted by Crippen LogP contribution is -2.47. The predicted octanol–water partition coefficient (Wildman–Crippen LogP) is 3.46. The van der Waals surface area contributed by atoms with Gasteiger partial charge < -0.3 is 9.64 Å². The van der Waals surface area contributed by atoms with E-state index in [1.807, 2.05) is 20.8 Å². The van der Waals surface area contributed by atoms with Crippen molar-refractivity contribution in [3.8, 4) is 0 Å². The highest BCUT2D eigenvalue weighted by Crippen LogP contribution is 2.26. The molecule has 1 fully saturated rings. The molecule has 2 aliphatic heterocycles. The zero-order valence-electron chi connectivity index (χ0n) is 15.7. The smallest absolute Gasteiger partial charge is 0.410 e. The summed E-state index contributed by atoms with van der Waals surface area (Å²) in [5, 5.41) is 0. The minimum Gasteiger partial charge on any atom is -0.444 e. The fourth-order valence-corrected chi connectivity index (χ4v) is 3.58. The summed E-state index contributed by atoms with van der Waals surface area (Å²) < 4.78 is 5.51. The summed E-state index contributed by atoms with van der Waals surface area (Å²) in [5.41, 5.74) is 0.386. The second-order valence-corrected chi connectivity index (χ2v) is 7.92. The number of benzene rings is 1. The van der Waals surface area contributed by atoms with Gasteiger partial charge in [0.25, 0.3) is 11.8 Å². The Morgan fingerprint density at radius 1 is 1.12 bits per heavy atom. The molecule has 0 aromatic heterocycles. The number of hydrogen-bond acceptors (Lipinski definition) is 4. The van der Waals surface area contributed by atoms with Gasteiger partial charge in [-0.1, -0.05) is 12.1 Å². The molecule has 26 heavy (non-hydrogen) atoms. The number of carbonyl (C=O) groups is 3. The van der Waals surface area contributed by atoms with E-state index in [2.05, 4.69) is 0 Å². The Morgan fingerprint density at radius 3 is 2.31 bits per heavy atom. The maximum Gasteiger partial charge on any atom is 0.410 e. The van der Waals surface area contributed by atoms with E-state index in [1.54, 1.807) is 29.2 Å². The SMILES string of the molecule is CC(C)(C)OC(=O)N1CCCC[C@H]1CCN1C(=O)c2ccccc2C1=O. The molecule has 0 saturated carbocycles. The molecule has 0 N–H and O–H groups in total. The number of likely N-dealkylation sites (tertiary alicyclic amines) is 1. The second-order valence-electron chi connectivity index (χ2n) is 7.92. The van der Waals surface area contributed by atoms with E-state index in [-0.39, 0.29) is 23.9 Å². The van der Waals surface area contributed by atoms with Crippen LogP contribution in [0.2, 0.25) is 0 Å². The van der Waals surface area contributed by atoms with Crippen LogP contribution in [-0.4, -0.2) is 52.4 Å². The van der Waals surface area contributed by atoms with E-state index in [0.29, 0.717) is 30.6 Å². The van der Waals surface area contributed by atoms with Crippen molar-refractivity contribution >= 4 is 17.9 Å². The summed E-state index contributed by atoms with van der Waals surface area (Å²) in [4.78, 5) is 40.5. The lowest BCUT2D eigenvalue weighted by Gasteiger charge is -2.37. The van der Waals surface area contributed by atoms with Gasteiger partial charge in [-0.2, -0.15) is 0 Å². The van der Waals surface area contributed by atoms with Gasteiger partial charge in [0.2, 0.25) is 0 Å². The number of piperidine rings is 1. The molecule has 1 saturated heterocycles. The molecular weight excluding hydrogens is 332 g/mol. The highest BCUT2D eigenvalue weighted by molar-refractivity contribution is 6.21. The van der Waals surface area contributed by atoms with Gasteiger partial charge in [-0.15, -0.1) is 0 Å². The van der Waals surface area contributed by atoms with Crippen molar-refractivity contribution in [3.05, 3.63) is 35.4 Å². The fraction of sp³-hybridized carbons (Fsp3) is 0.550. The van der Waals surface area contributed by atoms with Crippen LogP contribution in [0.25, 0.3) is 0 Å². The molecule has 2 aliphatic rings. The van der Waals surface area contributed by atoms with Crippen LogP contribution in [0, 0.1) is 0 Å². The van der Waals surface area contributed by atoms with Crippen LogP contribution >= 0.6 is 0 Å². The summed E-state index contributed by atoms with van der Waals surface area (Å²) in [7, 11) is 0. The van der Waals surface area contributed by atoms with Crippen molar-refractivity contribution in [2.75, 3.05) is 13.1 Å². The Labute approximate surface area is 154 Å². The van der Waals surface area contributed by atoms with E-state index >= 15 is 0 Å². The van der Waals surface area contributed by atoms with Gasteiger partial charge in [0.15, 0.2) is 0 Å².